The molecule has 0 radical (unpaired) electrons. The highest BCUT2D eigenvalue weighted by Gasteiger charge is 2.13. The molecule has 0 aliphatic heterocycles. The number of rotatable bonds is 5. The molecule has 0 unspecified atom stereocenters. The summed E-state index contributed by atoms with van der Waals surface area (Å²) in [5.41, 5.74) is -0.190. The molecule has 0 spiro atoms. The summed E-state index contributed by atoms with van der Waals surface area (Å²) in [6.45, 7) is 4.54. The van der Waals surface area contributed by atoms with Gasteiger partial charge in [-0.05, 0) is 36.2 Å². The molecule has 0 fully saturated rings. The molecule has 22 heavy (non-hydrogen) atoms. The van der Waals surface area contributed by atoms with Gasteiger partial charge in [0, 0.05) is 5.56 Å². The van der Waals surface area contributed by atoms with E-state index in [1.807, 2.05) is 13.8 Å². The van der Waals surface area contributed by atoms with E-state index in [4.69, 9.17) is 4.74 Å². The van der Waals surface area contributed by atoms with Crippen LogP contribution >= 0.6 is 0 Å². The van der Waals surface area contributed by atoms with Crippen molar-refractivity contribution >= 4 is 11.6 Å². The second kappa shape index (κ2) is 7.02. The molecule has 1 amide bonds. The Morgan fingerprint density at radius 3 is 2.41 bits per heavy atom. The molecule has 0 bridgehead atoms. The standard InChI is InChI=1S/C17H17F2NO2/c1-11(2)10-22-13-6-3-5-12(9-13)17(21)20-16-14(18)7-4-8-15(16)19/h3-9,11H,10H2,1-2H3,(H,20,21). The molecule has 0 aliphatic carbocycles. The van der Waals surface area contributed by atoms with E-state index in [1.54, 1.807) is 18.2 Å². The largest absolute Gasteiger partial charge is 0.493 e. The molecule has 0 saturated heterocycles. The number of anilines is 1. The molecular formula is C17H17F2NO2. The smallest absolute Gasteiger partial charge is 0.255 e. The van der Waals surface area contributed by atoms with Crippen LogP contribution in [-0.2, 0) is 0 Å². The van der Waals surface area contributed by atoms with Crippen LogP contribution in [0.1, 0.15) is 24.2 Å². The summed E-state index contributed by atoms with van der Waals surface area (Å²) >= 11 is 0. The Hall–Kier alpha value is -2.43. The number of halogens is 2. The van der Waals surface area contributed by atoms with Crippen molar-refractivity contribution in [3.8, 4) is 5.75 Å². The molecule has 116 valence electrons. The normalized spacial score (nSPS) is 10.6. The van der Waals surface area contributed by atoms with E-state index in [0.717, 1.165) is 12.1 Å². The Morgan fingerprint density at radius 2 is 1.77 bits per heavy atom. The Labute approximate surface area is 127 Å². The quantitative estimate of drug-likeness (QED) is 0.896. The summed E-state index contributed by atoms with van der Waals surface area (Å²) in [7, 11) is 0. The topological polar surface area (TPSA) is 38.3 Å². The van der Waals surface area contributed by atoms with Crippen molar-refractivity contribution < 1.29 is 18.3 Å². The molecule has 2 rings (SSSR count). The zero-order valence-corrected chi connectivity index (χ0v) is 12.4. The number of hydrogen-bond donors (Lipinski definition) is 1. The van der Waals surface area contributed by atoms with Crippen molar-refractivity contribution in [2.45, 2.75) is 13.8 Å². The molecule has 3 nitrogen and oxygen atoms in total. The number of carbonyl (C=O) groups excluding carboxylic acids is 1. The number of ether oxygens (including phenoxy) is 1. The van der Waals surface area contributed by atoms with Gasteiger partial charge in [0.2, 0.25) is 0 Å². The molecule has 2 aromatic carbocycles. The summed E-state index contributed by atoms with van der Waals surface area (Å²) in [5.74, 6) is -1.35. The van der Waals surface area contributed by atoms with E-state index >= 15 is 0 Å². The molecule has 2 aromatic rings. The number of hydrogen-bond acceptors (Lipinski definition) is 2. The lowest BCUT2D eigenvalue weighted by Crippen LogP contribution is -2.14. The van der Waals surface area contributed by atoms with Crippen molar-refractivity contribution in [1.82, 2.24) is 0 Å². The molecule has 0 heterocycles. The summed E-state index contributed by atoms with van der Waals surface area (Å²) in [6.07, 6.45) is 0. The molecule has 0 aromatic heterocycles. The maximum Gasteiger partial charge on any atom is 0.255 e. The van der Waals surface area contributed by atoms with Crippen LogP contribution < -0.4 is 10.1 Å². The average molecular weight is 305 g/mol. The van der Waals surface area contributed by atoms with Gasteiger partial charge in [-0.1, -0.05) is 26.0 Å². The van der Waals surface area contributed by atoms with Gasteiger partial charge < -0.3 is 10.1 Å². The lowest BCUT2D eigenvalue weighted by Gasteiger charge is -2.11. The molecule has 1 N–H and O–H groups in total. The SMILES string of the molecule is CC(C)COc1cccc(C(=O)Nc2c(F)cccc2F)c1. The number of amides is 1. The van der Waals surface area contributed by atoms with E-state index in [1.165, 1.54) is 12.1 Å². The predicted molar refractivity (Wildman–Crippen MR) is 81.1 cm³/mol. The monoisotopic (exact) mass is 305 g/mol. The first-order valence-electron chi connectivity index (χ1n) is 6.95. The Bertz CT molecular complexity index is 651. The van der Waals surface area contributed by atoms with Gasteiger partial charge in [0.05, 0.1) is 6.61 Å². The number of para-hydroxylation sites is 1. The fraction of sp³-hybridized carbons (Fsp3) is 0.235. The van der Waals surface area contributed by atoms with Crippen LogP contribution in [0.15, 0.2) is 42.5 Å². The Kier molecular flexibility index (Phi) is 5.09. The van der Waals surface area contributed by atoms with E-state index in [-0.39, 0.29) is 5.56 Å². The van der Waals surface area contributed by atoms with Crippen LogP contribution in [0.5, 0.6) is 5.75 Å². The van der Waals surface area contributed by atoms with Crippen LogP contribution in [0.3, 0.4) is 0 Å². The van der Waals surface area contributed by atoms with Gasteiger partial charge in [0.25, 0.3) is 5.91 Å². The highest BCUT2D eigenvalue weighted by molar-refractivity contribution is 6.04. The number of nitrogens with one attached hydrogen (secondary N) is 1. The molecule has 5 heteroatoms. The van der Waals surface area contributed by atoms with E-state index in [0.29, 0.717) is 18.3 Å². The van der Waals surface area contributed by atoms with Gasteiger partial charge >= 0.3 is 0 Å². The van der Waals surface area contributed by atoms with E-state index < -0.39 is 23.2 Å². The Morgan fingerprint density at radius 1 is 1.14 bits per heavy atom. The van der Waals surface area contributed by atoms with Crippen molar-refractivity contribution in [2.24, 2.45) is 5.92 Å². The third kappa shape index (κ3) is 4.04. The maximum absolute atomic E-state index is 13.5. The van der Waals surface area contributed by atoms with Gasteiger partial charge in [-0.25, -0.2) is 8.78 Å². The highest BCUT2D eigenvalue weighted by Crippen LogP contribution is 2.20. The van der Waals surface area contributed by atoms with Crippen LogP contribution in [-0.4, -0.2) is 12.5 Å². The zero-order valence-electron chi connectivity index (χ0n) is 12.4. The molecular weight excluding hydrogens is 288 g/mol. The van der Waals surface area contributed by atoms with E-state index in [2.05, 4.69) is 5.32 Å². The Balaban J connectivity index is 2.14. The van der Waals surface area contributed by atoms with Crippen LogP contribution in [0, 0.1) is 17.6 Å². The summed E-state index contributed by atoms with van der Waals surface area (Å²) in [6, 6.07) is 9.88. The van der Waals surface area contributed by atoms with E-state index in [9.17, 15) is 13.6 Å². The lowest BCUT2D eigenvalue weighted by atomic mass is 10.2. The van der Waals surface area contributed by atoms with Crippen LogP contribution in [0.4, 0.5) is 14.5 Å². The number of carbonyl (C=O) groups is 1. The summed E-state index contributed by atoms with van der Waals surface area (Å²) in [4.78, 5) is 12.1. The minimum absolute atomic E-state index is 0.268. The molecule has 0 saturated carbocycles. The minimum Gasteiger partial charge on any atom is -0.493 e. The van der Waals surface area contributed by atoms with Crippen LogP contribution in [0.2, 0.25) is 0 Å². The number of benzene rings is 2. The third-order valence-corrected chi connectivity index (χ3v) is 2.88. The first kappa shape index (κ1) is 15.9. The first-order valence-corrected chi connectivity index (χ1v) is 6.95. The van der Waals surface area contributed by atoms with Gasteiger partial charge in [-0.3, -0.25) is 4.79 Å². The lowest BCUT2D eigenvalue weighted by molar-refractivity contribution is 0.102. The third-order valence-electron chi connectivity index (χ3n) is 2.88. The summed E-state index contributed by atoms with van der Waals surface area (Å²) < 4.78 is 32.6. The fourth-order valence-electron chi connectivity index (χ4n) is 1.79. The van der Waals surface area contributed by atoms with Gasteiger partial charge in [0.1, 0.15) is 23.1 Å². The van der Waals surface area contributed by atoms with Crippen LogP contribution in [0.25, 0.3) is 0 Å². The minimum atomic E-state index is -0.819. The van der Waals surface area contributed by atoms with Gasteiger partial charge in [0.15, 0.2) is 0 Å². The zero-order chi connectivity index (χ0) is 16.1. The highest BCUT2D eigenvalue weighted by atomic mass is 19.1. The van der Waals surface area contributed by atoms with Gasteiger partial charge in [-0.2, -0.15) is 0 Å². The van der Waals surface area contributed by atoms with Crippen molar-refractivity contribution in [3.05, 3.63) is 59.7 Å². The second-order valence-corrected chi connectivity index (χ2v) is 5.28. The second-order valence-electron chi connectivity index (χ2n) is 5.28. The average Bonchev–Trinajstić information content (AvgIpc) is 2.49. The predicted octanol–water partition coefficient (Wildman–Crippen LogP) is 4.25. The van der Waals surface area contributed by atoms with Gasteiger partial charge in [-0.15, -0.1) is 0 Å². The van der Waals surface area contributed by atoms with Crippen molar-refractivity contribution in [1.29, 1.82) is 0 Å². The van der Waals surface area contributed by atoms with Crippen molar-refractivity contribution in [2.75, 3.05) is 11.9 Å². The van der Waals surface area contributed by atoms with Crippen molar-refractivity contribution in [3.63, 3.8) is 0 Å². The first-order chi connectivity index (χ1) is 10.5. The molecule has 0 aliphatic rings. The fourth-order valence-corrected chi connectivity index (χ4v) is 1.79. The molecule has 0 atom stereocenters. The summed E-state index contributed by atoms with van der Waals surface area (Å²) in [5, 5.41) is 2.24. The maximum atomic E-state index is 13.5.